The first-order valence-electron chi connectivity index (χ1n) is 8.49. The van der Waals surface area contributed by atoms with Crippen molar-refractivity contribution >= 4 is 27.3 Å². The van der Waals surface area contributed by atoms with Crippen molar-refractivity contribution in [2.45, 2.75) is 29.4 Å². The van der Waals surface area contributed by atoms with Crippen LogP contribution in [0.1, 0.15) is 18.4 Å². The zero-order valence-corrected chi connectivity index (χ0v) is 15.9. The molecule has 0 aromatic heterocycles. The summed E-state index contributed by atoms with van der Waals surface area (Å²) in [5, 5.41) is -0.443. The molecule has 144 valence electrons. The number of carbonyl (C=O) groups excluding carboxylic acids is 1. The van der Waals surface area contributed by atoms with Crippen LogP contribution in [-0.2, 0) is 21.1 Å². The van der Waals surface area contributed by atoms with E-state index >= 15 is 0 Å². The zero-order valence-electron chi connectivity index (χ0n) is 14.4. The molecule has 0 spiro atoms. The monoisotopic (exact) mass is 413 g/mol. The van der Waals surface area contributed by atoms with Gasteiger partial charge in [0.25, 0.3) is 0 Å². The summed E-state index contributed by atoms with van der Waals surface area (Å²) in [6.07, 6.45) is 0.383. The van der Waals surface area contributed by atoms with Crippen LogP contribution in [0, 0.1) is 11.6 Å². The molecule has 1 aliphatic heterocycles. The number of rotatable bonds is 4. The predicted molar refractivity (Wildman–Crippen MR) is 98.3 cm³/mol. The van der Waals surface area contributed by atoms with E-state index in [-0.39, 0.29) is 53.7 Å². The van der Waals surface area contributed by atoms with Crippen molar-refractivity contribution in [3.63, 3.8) is 0 Å². The standard InChI is InChI=1S/C19H18ClF2NO3S/c20-17-2-1-3-18(22)16(17)12-19(24)23-10-8-15(9-11-23)27(25,26)14-6-4-13(21)5-7-14/h1-7,15H,8-12H2. The summed E-state index contributed by atoms with van der Waals surface area (Å²) >= 11 is 5.96. The second-order valence-electron chi connectivity index (χ2n) is 6.46. The van der Waals surface area contributed by atoms with Crippen LogP contribution in [0.15, 0.2) is 47.4 Å². The van der Waals surface area contributed by atoms with Gasteiger partial charge in [0.1, 0.15) is 11.6 Å². The lowest BCUT2D eigenvalue weighted by atomic mass is 10.1. The Kier molecular flexibility index (Phi) is 5.81. The van der Waals surface area contributed by atoms with E-state index in [0.29, 0.717) is 0 Å². The Morgan fingerprint density at radius 2 is 1.70 bits per heavy atom. The predicted octanol–water partition coefficient (Wildman–Crippen LogP) is 3.63. The average molecular weight is 414 g/mol. The summed E-state index contributed by atoms with van der Waals surface area (Å²) in [6.45, 7) is 0.520. The van der Waals surface area contributed by atoms with Crippen molar-refractivity contribution in [1.29, 1.82) is 0 Å². The first-order chi connectivity index (χ1) is 12.8. The van der Waals surface area contributed by atoms with Gasteiger partial charge in [-0.3, -0.25) is 4.79 Å². The molecule has 2 aromatic carbocycles. The first-order valence-corrected chi connectivity index (χ1v) is 10.4. The molecule has 3 rings (SSSR count). The van der Waals surface area contributed by atoms with E-state index in [2.05, 4.69) is 0 Å². The smallest absolute Gasteiger partial charge is 0.227 e. The van der Waals surface area contributed by atoms with Gasteiger partial charge in [0.05, 0.1) is 16.6 Å². The summed E-state index contributed by atoms with van der Waals surface area (Å²) in [6, 6.07) is 8.97. The van der Waals surface area contributed by atoms with Gasteiger partial charge in [0.15, 0.2) is 9.84 Å². The van der Waals surface area contributed by atoms with Crippen LogP contribution in [0.4, 0.5) is 8.78 Å². The van der Waals surface area contributed by atoms with Crippen molar-refractivity contribution in [2.24, 2.45) is 0 Å². The minimum absolute atomic E-state index is 0.0758. The maximum Gasteiger partial charge on any atom is 0.227 e. The van der Waals surface area contributed by atoms with Gasteiger partial charge >= 0.3 is 0 Å². The van der Waals surface area contributed by atoms with Gasteiger partial charge in [-0.25, -0.2) is 17.2 Å². The molecule has 4 nitrogen and oxygen atoms in total. The third-order valence-electron chi connectivity index (χ3n) is 4.77. The molecule has 1 aliphatic rings. The van der Waals surface area contributed by atoms with Gasteiger partial charge in [-0.2, -0.15) is 0 Å². The summed E-state index contributed by atoms with van der Waals surface area (Å²) in [5.74, 6) is -1.33. The fourth-order valence-electron chi connectivity index (χ4n) is 3.20. The third kappa shape index (κ3) is 4.30. The van der Waals surface area contributed by atoms with Gasteiger partial charge in [-0.15, -0.1) is 0 Å². The number of benzene rings is 2. The average Bonchev–Trinajstić information content (AvgIpc) is 2.65. The van der Waals surface area contributed by atoms with E-state index in [9.17, 15) is 22.0 Å². The zero-order chi connectivity index (χ0) is 19.6. The molecule has 8 heteroatoms. The quantitative estimate of drug-likeness (QED) is 0.719. The fraction of sp³-hybridized carbons (Fsp3) is 0.316. The largest absolute Gasteiger partial charge is 0.342 e. The summed E-state index contributed by atoms with van der Waals surface area (Å²) < 4.78 is 52.2. The number of carbonyl (C=O) groups is 1. The molecule has 2 aromatic rings. The Labute approximate surface area is 161 Å². The van der Waals surface area contributed by atoms with E-state index < -0.39 is 26.7 Å². The number of hydrogen-bond acceptors (Lipinski definition) is 3. The normalized spacial score (nSPS) is 15.7. The van der Waals surface area contributed by atoms with E-state index in [1.165, 1.54) is 35.2 Å². The lowest BCUT2D eigenvalue weighted by Crippen LogP contribution is -2.43. The second-order valence-corrected chi connectivity index (χ2v) is 9.09. The van der Waals surface area contributed by atoms with Crippen molar-refractivity contribution < 1.29 is 22.0 Å². The third-order valence-corrected chi connectivity index (χ3v) is 7.40. The molecular formula is C19H18ClF2NO3S. The Balaban J connectivity index is 1.64. The molecule has 1 heterocycles. The topological polar surface area (TPSA) is 54.5 Å². The maximum atomic E-state index is 13.9. The van der Waals surface area contributed by atoms with Crippen LogP contribution in [0.25, 0.3) is 0 Å². The minimum atomic E-state index is -3.59. The minimum Gasteiger partial charge on any atom is -0.342 e. The van der Waals surface area contributed by atoms with Crippen LogP contribution in [0.3, 0.4) is 0 Å². The molecule has 0 saturated carbocycles. The van der Waals surface area contributed by atoms with E-state index in [1.807, 2.05) is 0 Å². The molecule has 0 unspecified atom stereocenters. The van der Waals surface area contributed by atoms with E-state index in [1.54, 1.807) is 0 Å². The molecule has 0 aliphatic carbocycles. The van der Waals surface area contributed by atoms with Crippen LogP contribution >= 0.6 is 11.6 Å². The highest BCUT2D eigenvalue weighted by Gasteiger charge is 2.33. The Hall–Kier alpha value is -1.99. The van der Waals surface area contributed by atoms with Crippen molar-refractivity contribution in [3.8, 4) is 0 Å². The van der Waals surface area contributed by atoms with Crippen LogP contribution < -0.4 is 0 Å². The molecule has 1 fully saturated rings. The van der Waals surface area contributed by atoms with Gasteiger partial charge < -0.3 is 4.90 Å². The van der Waals surface area contributed by atoms with Crippen molar-refractivity contribution in [2.75, 3.05) is 13.1 Å². The number of amides is 1. The molecule has 0 atom stereocenters. The highest BCUT2D eigenvalue weighted by atomic mass is 35.5. The SMILES string of the molecule is O=C(Cc1c(F)cccc1Cl)N1CCC(S(=O)(=O)c2ccc(F)cc2)CC1. The molecule has 0 bridgehead atoms. The molecule has 0 N–H and O–H groups in total. The van der Waals surface area contributed by atoms with Crippen molar-refractivity contribution in [1.82, 2.24) is 4.90 Å². The second kappa shape index (κ2) is 7.94. The first kappa shape index (κ1) is 19.8. The van der Waals surface area contributed by atoms with Gasteiger partial charge in [0.2, 0.25) is 5.91 Å². The molecule has 0 radical (unpaired) electrons. The highest BCUT2D eigenvalue weighted by molar-refractivity contribution is 7.92. The molecule has 27 heavy (non-hydrogen) atoms. The molecule has 1 amide bonds. The molecule has 1 saturated heterocycles. The number of likely N-dealkylation sites (tertiary alicyclic amines) is 1. The van der Waals surface area contributed by atoms with Gasteiger partial charge in [-0.1, -0.05) is 17.7 Å². The number of piperidine rings is 1. The Morgan fingerprint density at radius 3 is 2.30 bits per heavy atom. The number of nitrogens with zero attached hydrogens (tertiary/aromatic N) is 1. The lowest BCUT2D eigenvalue weighted by molar-refractivity contribution is -0.131. The maximum absolute atomic E-state index is 13.9. The van der Waals surface area contributed by atoms with E-state index in [0.717, 1.165) is 12.1 Å². The molecular weight excluding hydrogens is 396 g/mol. The Bertz CT molecular complexity index is 920. The highest BCUT2D eigenvalue weighted by Crippen LogP contribution is 2.26. The van der Waals surface area contributed by atoms with Crippen LogP contribution in [0.5, 0.6) is 0 Å². The van der Waals surface area contributed by atoms with Crippen LogP contribution in [0.2, 0.25) is 5.02 Å². The number of sulfone groups is 1. The van der Waals surface area contributed by atoms with E-state index in [4.69, 9.17) is 11.6 Å². The number of hydrogen-bond donors (Lipinski definition) is 0. The fourth-order valence-corrected chi connectivity index (χ4v) is 5.16. The Morgan fingerprint density at radius 1 is 1.07 bits per heavy atom. The van der Waals surface area contributed by atoms with Gasteiger partial charge in [-0.05, 0) is 49.2 Å². The summed E-state index contributed by atoms with van der Waals surface area (Å²) in [7, 11) is -3.59. The van der Waals surface area contributed by atoms with Crippen molar-refractivity contribution in [3.05, 3.63) is 64.7 Å². The van der Waals surface area contributed by atoms with Crippen LogP contribution in [-0.4, -0.2) is 37.6 Å². The van der Waals surface area contributed by atoms with Gasteiger partial charge in [0, 0.05) is 23.7 Å². The number of halogens is 3. The lowest BCUT2D eigenvalue weighted by Gasteiger charge is -2.32. The summed E-state index contributed by atoms with van der Waals surface area (Å²) in [4.78, 5) is 14.0. The summed E-state index contributed by atoms with van der Waals surface area (Å²) in [5.41, 5.74) is 0.144.